The molecule has 0 amide bonds. The van der Waals surface area contributed by atoms with E-state index in [4.69, 9.17) is 9.15 Å². The van der Waals surface area contributed by atoms with Crippen molar-refractivity contribution in [2.24, 2.45) is 0 Å². The van der Waals surface area contributed by atoms with E-state index < -0.39 is 5.63 Å². The van der Waals surface area contributed by atoms with Gasteiger partial charge in [0, 0.05) is 33.2 Å². The molecule has 3 aromatic carbocycles. The number of aromatic hydroxyl groups is 1. The van der Waals surface area contributed by atoms with Crippen LogP contribution < -0.4 is 10.4 Å². The Morgan fingerprint density at radius 2 is 1.75 bits per heavy atom. The Kier molecular flexibility index (Phi) is 5.15. The van der Waals surface area contributed by atoms with Crippen LogP contribution in [0.2, 0.25) is 0 Å². The Balaban J connectivity index is 1.95. The maximum atomic E-state index is 12.9. The van der Waals surface area contributed by atoms with Crippen molar-refractivity contribution in [2.45, 2.75) is 6.92 Å². The fourth-order valence-corrected chi connectivity index (χ4v) is 4.32. The molecular weight excluding hydrogens is 470 g/mol. The van der Waals surface area contributed by atoms with E-state index in [0.717, 1.165) is 15.2 Å². The van der Waals surface area contributed by atoms with Crippen molar-refractivity contribution in [3.8, 4) is 34.1 Å². The largest absolute Gasteiger partial charge is 0.507 e. The third kappa shape index (κ3) is 3.42. The Hall–Kier alpha value is -3.64. The number of fused-ring (bicyclic) bond motifs is 2. The number of aromatic nitrogens is 1. The van der Waals surface area contributed by atoms with Gasteiger partial charge in [0.15, 0.2) is 5.76 Å². The summed E-state index contributed by atoms with van der Waals surface area (Å²) in [5, 5.41) is 13.9. The van der Waals surface area contributed by atoms with Crippen LogP contribution >= 0.6 is 15.9 Å². The second-order valence-electron chi connectivity index (χ2n) is 7.27. The summed E-state index contributed by atoms with van der Waals surface area (Å²) in [6.45, 7) is 2.39. The Bertz CT molecular complexity index is 1540. The minimum absolute atomic E-state index is 0.0804. The molecule has 0 saturated heterocycles. The van der Waals surface area contributed by atoms with Crippen LogP contribution in [0.3, 0.4) is 0 Å². The second kappa shape index (κ2) is 8.13. The number of nitrogens with zero attached hydrogens (tertiary/aromatic N) is 1. The highest BCUT2D eigenvalue weighted by atomic mass is 79.9. The molecule has 0 spiro atoms. The molecular formula is C26H18BrNO4. The summed E-state index contributed by atoms with van der Waals surface area (Å²) in [5.74, 6) is 0.971. The molecule has 2 heterocycles. The summed E-state index contributed by atoms with van der Waals surface area (Å²) in [7, 11) is 0. The van der Waals surface area contributed by atoms with Crippen molar-refractivity contribution in [3.05, 3.63) is 87.8 Å². The molecule has 0 radical (unpaired) electrons. The van der Waals surface area contributed by atoms with E-state index >= 15 is 0 Å². The molecule has 2 aromatic heterocycles. The fraction of sp³-hybridized carbons (Fsp3) is 0.0769. The van der Waals surface area contributed by atoms with Crippen LogP contribution in [0.4, 0.5) is 0 Å². The van der Waals surface area contributed by atoms with Crippen LogP contribution in [-0.4, -0.2) is 16.7 Å². The molecule has 0 aliphatic rings. The molecule has 158 valence electrons. The van der Waals surface area contributed by atoms with Gasteiger partial charge in [-0.2, -0.15) is 0 Å². The fourth-order valence-electron chi connectivity index (χ4n) is 3.96. The predicted octanol–water partition coefficient (Wildman–Crippen LogP) is 6.54. The van der Waals surface area contributed by atoms with Crippen LogP contribution in [0.5, 0.6) is 11.5 Å². The summed E-state index contributed by atoms with van der Waals surface area (Å²) in [5.41, 5.74) is 1.15. The Morgan fingerprint density at radius 1 is 0.969 bits per heavy atom. The minimum atomic E-state index is -0.469. The van der Waals surface area contributed by atoms with E-state index in [0.29, 0.717) is 39.9 Å². The standard InChI is InChI=1S/C26H18BrNO4/c1-2-31-17-11-12-28-21(14-17)25-24(18-5-3-4-6-19(18)26(30)32-25)23-20-13-16(27)9-7-15(20)8-10-22(23)29/h3-14,29H,2H2,1H3. The van der Waals surface area contributed by atoms with E-state index in [1.165, 1.54) is 0 Å². The van der Waals surface area contributed by atoms with Crippen molar-refractivity contribution in [3.63, 3.8) is 0 Å². The van der Waals surface area contributed by atoms with Gasteiger partial charge < -0.3 is 14.3 Å². The average Bonchev–Trinajstić information content (AvgIpc) is 2.80. The van der Waals surface area contributed by atoms with E-state index in [9.17, 15) is 9.90 Å². The summed E-state index contributed by atoms with van der Waals surface area (Å²) in [6, 6.07) is 20.1. The molecule has 32 heavy (non-hydrogen) atoms. The molecule has 5 nitrogen and oxygen atoms in total. The number of rotatable bonds is 4. The first kappa shape index (κ1) is 20.3. The van der Waals surface area contributed by atoms with Crippen molar-refractivity contribution >= 4 is 37.5 Å². The van der Waals surface area contributed by atoms with Gasteiger partial charge in [0.05, 0.1) is 12.0 Å². The van der Waals surface area contributed by atoms with Crippen molar-refractivity contribution in [1.29, 1.82) is 0 Å². The molecule has 0 unspecified atom stereocenters. The lowest BCUT2D eigenvalue weighted by molar-refractivity contribution is 0.340. The predicted molar refractivity (Wildman–Crippen MR) is 129 cm³/mol. The summed E-state index contributed by atoms with van der Waals surface area (Å²) >= 11 is 3.53. The van der Waals surface area contributed by atoms with Gasteiger partial charge in [0.2, 0.25) is 0 Å². The number of pyridine rings is 1. The first-order chi connectivity index (χ1) is 15.6. The van der Waals surface area contributed by atoms with Gasteiger partial charge in [-0.15, -0.1) is 0 Å². The third-order valence-corrected chi connectivity index (χ3v) is 5.82. The topological polar surface area (TPSA) is 72.6 Å². The smallest absolute Gasteiger partial charge is 0.344 e. The monoisotopic (exact) mass is 487 g/mol. The van der Waals surface area contributed by atoms with E-state index in [2.05, 4.69) is 20.9 Å². The van der Waals surface area contributed by atoms with Gasteiger partial charge in [-0.05, 0) is 48.0 Å². The molecule has 5 rings (SSSR count). The normalized spacial score (nSPS) is 11.2. The molecule has 0 aliphatic heterocycles. The van der Waals surface area contributed by atoms with Gasteiger partial charge in [0.1, 0.15) is 17.2 Å². The number of hydrogen-bond donors (Lipinski definition) is 1. The first-order valence-electron chi connectivity index (χ1n) is 10.1. The number of halogens is 1. The number of phenols is 1. The first-order valence-corrected chi connectivity index (χ1v) is 10.9. The molecule has 0 bridgehead atoms. The molecule has 0 saturated carbocycles. The van der Waals surface area contributed by atoms with Gasteiger partial charge >= 0.3 is 5.63 Å². The highest BCUT2D eigenvalue weighted by Crippen LogP contribution is 2.44. The maximum absolute atomic E-state index is 12.9. The van der Waals surface area contributed by atoms with E-state index in [1.807, 2.05) is 43.3 Å². The third-order valence-electron chi connectivity index (χ3n) is 5.32. The summed E-state index contributed by atoms with van der Waals surface area (Å²) < 4.78 is 12.3. The number of phenolic OH excluding ortho intramolecular Hbond substituents is 1. The molecule has 6 heteroatoms. The van der Waals surface area contributed by atoms with Crippen LogP contribution in [0.15, 0.2) is 86.6 Å². The maximum Gasteiger partial charge on any atom is 0.344 e. The summed E-state index contributed by atoms with van der Waals surface area (Å²) in [4.78, 5) is 17.3. The SMILES string of the molecule is CCOc1ccnc(-c2oc(=O)c3ccccc3c2-c2c(O)ccc3ccc(Br)cc23)c1. The zero-order valence-corrected chi connectivity index (χ0v) is 18.7. The van der Waals surface area contributed by atoms with Gasteiger partial charge in [-0.3, -0.25) is 4.98 Å². The highest BCUT2D eigenvalue weighted by molar-refractivity contribution is 9.10. The number of hydrogen-bond acceptors (Lipinski definition) is 5. The van der Waals surface area contributed by atoms with Gasteiger partial charge in [0.25, 0.3) is 0 Å². The quantitative estimate of drug-likeness (QED) is 0.311. The number of benzene rings is 3. The lowest BCUT2D eigenvalue weighted by atomic mass is 9.92. The highest BCUT2D eigenvalue weighted by Gasteiger charge is 2.22. The number of ether oxygens (including phenoxy) is 1. The molecule has 0 atom stereocenters. The van der Waals surface area contributed by atoms with Crippen LogP contribution in [0.1, 0.15) is 6.92 Å². The molecule has 0 fully saturated rings. The van der Waals surface area contributed by atoms with Crippen LogP contribution in [0.25, 0.3) is 44.1 Å². The Labute approximate surface area is 192 Å². The Morgan fingerprint density at radius 3 is 2.56 bits per heavy atom. The van der Waals surface area contributed by atoms with Crippen molar-refractivity contribution in [2.75, 3.05) is 6.61 Å². The lowest BCUT2D eigenvalue weighted by Crippen LogP contribution is -2.04. The summed E-state index contributed by atoms with van der Waals surface area (Å²) in [6.07, 6.45) is 1.61. The molecule has 0 aliphatic carbocycles. The minimum Gasteiger partial charge on any atom is -0.507 e. The van der Waals surface area contributed by atoms with Crippen LogP contribution in [0, 0.1) is 0 Å². The van der Waals surface area contributed by atoms with Crippen molar-refractivity contribution in [1.82, 2.24) is 4.98 Å². The lowest BCUT2D eigenvalue weighted by Gasteiger charge is -2.16. The second-order valence-corrected chi connectivity index (χ2v) is 8.19. The van der Waals surface area contributed by atoms with E-state index in [-0.39, 0.29) is 11.5 Å². The molecule has 5 aromatic rings. The van der Waals surface area contributed by atoms with Crippen molar-refractivity contribution < 1.29 is 14.3 Å². The molecule has 1 N–H and O–H groups in total. The van der Waals surface area contributed by atoms with E-state index in [1.54, 1.807) is 36.5 Å². The van der Waals surface area contributed by atoms with Crippen LogP contribution in [-0.2, 0) is 0 Å². The zero-order chi connectivity index (χ0) is 22.2. The zero-order valence-electron chi connectivity index (χ0n) is 17.1. The van der Waals surface area contributed by atoms with Gasteiger partial charge in [-0.1, -0.05) is 46.3 Å². The van der Waals surface area contributed by atoms with Gasteiger partial charge in [-0.25, -0.2) is 4.79 Å². The average molecular weight is 488 g/mol.